The van der Waals surface area contributed by atoms with Crippen molar-refractivity contribution in [2.24, 2.45) is 0 Å². The summed E-state index contributed by atoms with van der Waals surface area (Å²) in [7, 11) is 0. The summed E-state index contributed by atoms with van der Waals surface area (Å²) >= 11 is 7.19. The molecule has 0 atom stereocenters. The van der Waals surface area contributed by atoms with Crippen LogP contribution in [0.4, 0.5) is 10.1 Å². The highest BCUT2D eigenvalue weighted by atomic mass is 79.9. The van der Waals surface area contributed by atoms with Crippen LogP contribution >= 0.6 is 28.6 Å². The lowest BCUT2D eigenvalue weighted by molar-refractivity contribution is -0.114. The first-order valence-corrected chi connectivity index (χ1v) is 4.70. The zero-order valence-electron chi connectivity index (χ0n) is 6.77. The molecule has 1 aromatic rings. The molecule has 0 fully saturated rings. The van der Waals surface area contributed by atoms with Crippen molar-refractivity contribution in [1.29, 1.82) is 0 Å². The van der Waals surface area contributed by atoms with Crippen molar-refractivity contribution in [2.75, 3.05) is 5.32 Å². The summed E-state index contributed by atoms with van der Waals surface area (Å²) in [6.45, 7) is 1.32. The lowest BCUT2D eigenvalue weighted by Crippen LogP contribution is -2.07. The minimum Gasteiger partial charge on any atom is -0.324 e. The van der Waals surface area contributed by atoms with Gasteiger partial charge in [-0.25, -0.2) is 4.39 Å². The first-order chi connectivity index (χ1) is 6.00. The second-order valence-electron chi connectivity index (χ2n) is 2.46. The van der Waals surface area contributed by atoms with Crippen molar-refractivity contribution in [3.63, 3.8) is 0 Å². The van der Waals surface area contributed by atoms with Gasteiger partial charge in [0.2, 0.25) is 5.91 Å². The average molecular weight is 264 g/mol. The van der Waals surface area contributed by atoms with Crippen LogP contribution in [0.5, 0.6) is 0 Å². The summed E-state index contributed by atoms with van der Waals surface area (Å²) in [5, 5.41) is 2.36. The Morgan fingerprint density at radius 3 is 2.77 bits per heavy atom. The zero-order valence-corrected chi connectivity index (χ0v) is 9.25. The van der Waals surface area contributed by atoms with Gasteiger partial charge in [0, 0.05) is 16.3 Å². The van der Waals surface area contributed by atoms with Crippen LogP contribution in [0, 0.1) is 5.82 Å². The molecule has 0 aliphatic heterocycles. The summed E-state index contributed by atoms with van der Waals surface area (Å²) in [5.41, 5.74) is 0.140. The smallest absolute Gasteiger partial charge is 0.221 e. The Kier molecular flexibility index (Phi) is 3.33. The molecule has 1 amide bonds. The Morgan fingerprint density at radius 2 is 2.23 bits per heavy atom. The van der Waals surface area contributed by atoms with Crippen molar-refractivity contribution in [3.8, 4) is 0 Å². The molecule has 70 valence electrons. The van der Waals surface area contributed by atoms with Gasteiger partial charge in [-0.15, -0.1) is 12.6 Å². The van der Waals surface area contributed by atoms with Gasteiger partial charge < -0.3 is 5.32 Å². The molecule has 2 nitrogen and oxygen atoms in total. The topological polar surface area (TPSA) is 29.1 Å². The molecule has 0 aliphatic rings. The molecule has 0 unspecified atom stereocenters. The van der Waals surface area contributed by atoms with Crippen LogP contribution in [0.25, 0.3) is 0 Å². The fraction of sp³-hybridized carbons (Fsp3) is 0.125. The van der Waals surface area contributed by atoms with E-state index in [9.17, 15) is 9.18 Å². The van der Waals surface area contributed by atoms with Gasteiger partial charge in [0.1, 0.15) is 5.82 Å². The molecule has 13 heavy (non-hydrogen) atoms. The molecule has 0 saturated heterocycles. The first kappa shape index (κ1) is 10.5. The SMILES string of the molecule is CC(=O)Nc1cc(S)c(Br)cc1F. The summed E-state index contributed by atoms with van der Waals surface area (Å²) in [6.07, 6.45) is 0. The monoisotopic (exact) mass is 263 g/mol. The number of nitrogens with one attached hydrogen (secondary N) is 1. The van der Waals surface area contributed by atoms with Gasteiger partial charge in [0.05, 0.1) is 5.69 Å². The van der Waals surface area contributed by atoms with Gasteiger partial charge in [-0.05, 0) is 28.1 Å². The van der Waals surface area contributed by atoms with Crippen LogP contribution in [0.15, 0.2) is 21.5 Å². The number of hydrogen-bond donors (Lipinski definition) is 2. The number of carbonyl (C=O) groups excluding carboxylic acids is 1. The number of halogens is 2. The van der Waals surface area contributed by atoms with E-state index in [1.54, 1.807) is 0 Å². The number of amides is 1. The largest absolute Gasteiger partial charge is 0.324 e. The maximum absolute atomic E-state index is 13.1. The number of anilines is 1. The predicted molar refractivity (Wildman–Crippen MR) is 55.7 cm³/mol. The Bertz CT molecular complexity index is 356. The van der Waals surface area contributed by atoms with Crippen molar-refractivity contribution in [1.82, 2.24) is 0 Å². The molecule has 0 spiro atoms. The average Bonchev–Trinajstić information content (AvgIpc) is 1.99. The standard InChI is InChI=1S/C8H7BrFNOS/c1-4(12)11-7-3-8(13)5(9)2-6(7)10/h2-3,13H,1H3,(H,11,12). The van der Waals surface area contributed by atoms with Gasteiger partial charge >= 0.3 is 0 Å². The summed E-state index contributed by atoms with van der Waals surface area (Å²) in [5.74, 6) is -0.797. The number of carbonyl (C=O) groups is 1. The Hall–Kier alpha value is -0.550. The zero-order chi connectivity index (χ0) is 10.0. The van der Waals surface area contributed by atoms with Gasteiger partial charge in [0.25, 0.3) is 0 Å². The van der Waals surface area contributed by atoms with Gasteiger partial charge in [-0.1, -0.05) is 0 Å². The Balaban J connectivity index is 3.08. The van der Waals surface area contributed by atoms with Gasteiger partial charge in [0.15, 0.2) is 0 Å². The highest BCUT2D eigenvalue weighted by Gasteiger charge is 2.06. The van der Waals surface area contributed by atoms with E-state index in [0.29, 0.717) is 9.37 Å². The highest BCUT2D eigenvalue weighted by Crippen LogP contribution is 2.26. The van der Waals surface area contributed by atoms with Crippen LogP contribution in [-0.4, -0.2) is 5.91 Å². The van der Waals surface area contributed by atoms with E-state index in [1.807, 2.05) is 0 Å². The fourth-order valence-electron chi connectivity index (χ4n) is 0.823. The number of hydrogen-bond acceptors (Lipinski definition) is 2. The van der Waals surface area contributed by atoms with Crippen LogP contribution in [0.1, 0.15) is 6.92 Å². The van der Waals surface area contributed by atoms with E-state index in [1.165, 1.54) is 19.1 Å². The van der Waals surface area contributed by atoms with E-state index >= 15 is 0 Å². The second-order valence-corrected chi connectivity index (χ2v) is 3.80. The van der Waals surface area contributed by atoms with Crippen molar-refractivity contribution < 1.29 is 9.18 Å². The molecule has 0 bridgehead atoms. The number of rotatable bonds is 1. The summed E-state index contributed by atoms with van der Waals surface area (Å²) in [6, 6.07) is 2.71. The quantitative estimate of drug-likeness (QED) is 0.750. The van der Waals surface area contributed by atoms with E-state index in [4.69, 9.17) is 0 Å². The van der Waals surface area contributed by atoms with Crippen LogP contribution in [0.3, 0.4) is 0 Å². The first-order valence-electron chi connectivity index (χ1n) is 3.46. The van der Waals surface area contributed by atoms with E-state index in [0.717, 1.165) is 0 Å². The molecule has 0 heterocycles. The highest BCUT2D eigenvalue weighted by molar-refractivity contribution is 9.10. The summed E-state index contributed by atoms with van der Waals surface area (Å²) < 4.78 is 13.7. The molecule has 1 rings (SSSR count). The lowest BCUT2D eigenvalue weighted by atomic mass is 10.3. The molecule has 1 N–H and O–H groups in total. The molecule has 0 radical (unpaired) electrons. The normalized spacial score (nSPS) is 9.85. The predicted octanol–water partition coefficient (Wildman–Crippen LogP) is 2.84. The lowest BCUT2D eigenvalue weighted by Gasteiger charge is -2.05. The van der Waals surface area contributed by atoms with Crippen LogP contribution < -0.4 is 5.32 Å². The maximum Gasteiger partial charge on any atom is 0.221 e. The molecule has 0 aliphatic carbocycles. The number of benzene rings is 1. The van der Waals surface area contributed by atoms with Crippen molar-refractivity contribution in [3.05, 3.63) is 22.4 Å². The molecular formula is C8H7BrFNOS. The van der Waals surface area contributed by atoms with Crippen molar-refractivity contribution >= 4 is 40.2 Å². The minimum absolute atomic E-state index is 0.140. The van der Waals surface area contributed by atoms with E-state index in [-0.39, 0.29) is 11.6 Å². The second kappa shape index (κ2) is 4.11. The molecule has 0 aromatic heterocycles. The Labute approximate surface area is 89.1 Å². The van der Waals surface area contributed by atoms with Crippen molar-refractivity contribution in [2.45, 2.75) is 11.8 Å². The Morgan fingerprint density at radius 1 is 1.62 bits per heavy atom. The maximum atomic E-state index is 13.1. The van der Waals surface area contributed by atoms with E-state index < -0.39 is 5.82 Å². The van der Waals surface area contributed by atoms with Crippen LogP contribution in [0.2, 0.25) is 0 Å². The third-order valence-corrected chi connectivity index (χ3v) is 2.68. The van der Waals surface area contributed by atoms with Crippen LogP contribution in [-0.2, 0) is 4.79 Å². The summed E-state index contributed by atoms with van der Waals surface area (Å²) in [4.78, 5) is 11.2. The minimum atomic E-state index is -0.486. The van der Waals surface area contributed by atoms with Gasteiger partial charge in [-0.3, -0.25) is 4.79 Å². The van der Waals surface area contributed by atoms with Gasteiger partial charge in [-0.2, -0.15) is 0 Å². The van der Waals surface area contributed by atoms with E-state index in [2.05, 4.69) is 33.9 Å². The molecule has 1 aromatic carbocycles. The molecule has 0 saturated carbocycles. The third kappa shape index (κ3) is 2.70. The number of thiol groups is 1. The molecule has 5 heteroatoms. The third-order valence-electron chi connectivity index (χ3n) is 1.35. The fourth-order valence-corrected chi connectivity index (χ4v) is 1.33. The molecular weight excluding hydrogens is 257 g/mol.